The van der Waals surface area contributed by atoms with E-state index in [4.69, 9.17) is 4.11 Å². The Hall–Kier alpha value is -3.19. The van der Waals surface area contributed by atoms with Gasteiger partial charge in [0.15, 0.2) is 6.20 Å². The number of hydrogen-bond donors (Lipinski definition) is 0. The van der Waals surface area contributed by atoms with E-state index in [-0.39, 0.29) is 0 Å². The number of pyridine rings is 1. The average Bonchev–Trinajstić information content (AvgIpc) is 2.75. The fraction of sp³-hybridized carbons (Fsp3) is 0.115. The third kappa shape index (κ3) is 3.41. The Morgan fingerprint density at radius 1 is 0.667 bits per heavy atom. The molecule has 1 nitrogen and oxygen atoms in total. The maximum absolute atomic E-state index is 8.05. The van der Waals surface area contributed by atoms with Gasteiger partial charge in [0.05, 0.1) is 0 Å². The van der Waals surface area contributed by atoms with Crippen LogP contribution in [0.2, 0.25) is 0 Å². The highest BCUT2D eigenvalue weighted by Gasteiger charge is 2.16. The van der Waals surface area contributed by atoms with Crippen LogP contribution in [-0.2, 0) is 7.05 Å². The van der Waals surface area contributed by atoms with Gasteiger partial charge in [-0.05, 0) is 53.2 Å². The Morgan fingerprint density at radius 2 is 1.33 bits per heavy atom. The standard InChI is InChI=1S/C26H24N/c1-19-16-20(2)25(18-24(19)22-12-8-5-9-13-22)26-17-23(14-15-27(26)3)21-10-6-4-7-11-21/h4-18H,1-3H3/q+1/i1D3. The minimum Gasteiger partial charge on any atom is -0.201 e. The fourth-order valence-corrected chi connectivity index (χ4v) is 3.49. The Balaban J connectivity index is 1.94. The minimum atomic E-state index is -2.18. The molecule has 0 N–H and O–H groups in total. The summed E-state index contributed by atoms with van der Waals surface area (Å²) in [6.07, 6.45) is 2.05. The van der Waals surface area contributed by atoms with E-state index in [0.717, 1.165) is 39.1 Å². The molecule has 1 aromatic heterocycles. The topological polar surface area (TPSA) is 3.88 Å². The number of aromatic nitrogens is 1. The summed E-state index contributed by atoms with van der Waals surface area (Å²) in [5.41, 5.74) is 7.35. The molecule has 0 amide bonds. The van der Waals surface area contributed by atoms with Crippen LogP contribution in [0.3, 0.4) is 0 Å². The van der Waals surface area contributed by atoms with Crippen LogP contribution < -0.4 is 4.57 Å². The molecule has 4 rings (SSSR count). The maximum atomic E-state index is 8.05. The van der Waals surface area contributed by atoms with Gasteiger partial charge in [-0.2, -0.15) is 0 Å². The van der Waals surface area contributed by atoms with Crippen molar-refractivity contribution in [1.29, 1.82) is 0 Å². The van der Waals surface area contributed by atoms with E-state index in [1.54, 1.807) is 0 Å². The van der Waals surface area contributed by atoms with E-state index < -0.39 is 6.85 Å². The number of aryl methyl sites for hydroxylation is 3. The largest absolute Gasteiger partial charge is 0.213 e. The summed E-state index contributed by atoms with van der Waals surface area (Å²) >= 11 is 0. The molecule has 0 fully saturated rings. The second kappa shape index (κ2) is 7.20. The van der Waals surface area contributed by atoms with E-state index in [2.05, 4.69) is 35.0 Å². The SMILES string of the molecule is [2H]C([2H])([2H])c1cc(C)c(-c2cc(-c3ccccc3)cc[n+]2C)cc1-c1ccccc1. The molecule has 3 aromatic carbocycles. The van der Waals surface area contributed by atoms with Crippen LogP contribution in [-0.4, -0.2) is 0 Å². The molecule has 0 bridgehead atoms. The Bertz CT molecular complexity index is 1180. The molecule has 0 atom stereocenters. The Labute approximate surface area is 165 Å². The van der Waals surface area contributed by atoms with Crippen molar-refractivity contribution in [2.24, 2.45) is 7.05 Å². The summed E-state index contributed by atoms with van der Waals surface area (Å²) in [6.45, 7) is -0.197. The summed E-state index contributed by atoms with van der Waals surface area (Å²) in [6, 6.07) is 28.1. The van der Waals surface area contributed by atoms with Gasteiger partial charge in [-0.3, -0.25) is 0 Å². The van der Waals surface area contributed by atoms with Gasteiger partial charge in [0, 0.05) is 21.8 Å². The highest BCUT2D eigenvalue weighted by molar-refractivity contribution is 5.77. The third-order valence-electron chi connectivity index (χ3n) is 4.98. The van der Waals surface area contributed by atoms with Crippen LogP contribution in [0.5, 0.6) is 0 Å². The lowest BCUT2D eigenvalue weighted by molar-refractivity contribution is -0.660. The van der Waals surface area contributed by atoms with Gasteiger partial charge in [-0.1, -0.05) is 66.7 Å². The van der Waals surface area contributed by atoms with Crippen molar-refractivity contribution in [2.75, 3.05) is 0 Å². The van der Waals surface area contributed by atoms with Crippen molar-refractivity contribution in [3.8, 4) is 33.5 Å². The summed E-state index contributed by atoms with van der Waals surface area (Å²) in [5.74, 6) is 0. The highest BCUT2D eigenvalue weighted by atomic mass is 14.9. The number of benzene rings is 3. The normalized spacial score (nSPS) is 12.9. The second-order valence-corrected chi connectivity index (χ2v) is 6.86. The molecule has 0 unspecified atom stereocenters. The van der Waals surface area contributed by atoms with E-state index in [1.807, 2.05) is 74.6 Å². The summed E-state index contributed by atoms with van der Waals surface area (Å²) in [4.78, 5) is 0. The monoisotopic (exact) mass is 353 g/mol. The molecule has 0 aliphatic carbocycles. The zero-order valence-corrected chi connectivity index (χ0v) is 15.6. The fourth-order valence-electron chi connectivity index (χ4n) is 3.49. The van der Waals surface area contributed by atoms with Gasteiger partial charge in [0.1, 0.15) is 7.05 Å². The first-order chi connectivity index (χ1) is 14.3. The van der Waals surface area contributed by atoms with E-state index in [9.17, 15) is 0 Å². The first-order valence-corrected chi connectivity index (χ1v) is 9.10. The van der Waals surface area contributed by atoms with Crippen LogP contribution in [0.15, 0.2) is 91.1 Å². The molecular weight excluding hydrogens is 326 g/mol. The van der Waals surface area contributed by atoms with Gasteiger partial charge in [0.2, 0.25) is 5.69 Å². The lowest BCUT2D eigenvalue weighted by Gasteiger charge is -2.12. The quantitative estimate of drug-likeness (QED) is 0.390. The lowest BCUT2D eigenvalue weighted by atomic mass is 9.92. The van der Waals surface area contributed by atoms with Crippen LogP contribution in [0, 0.1) is 13.8 Å². The van der Waals surface area contributed by atoms with Crippen molar-refractivity contribution in [3.05, 3.63) is 102 Å². The summed E-state index contributed by atoms with van der Waals surface area (Å²) in [7, 11) is 2.02. The Morgan fingerprint density at radius 3 is 2.00 bits per heavy atom. The minimum absolute atomic E-state index is 0.386. The van der Waals surface area contributed by atoms with Gasteiger partial charge in [-0.25, -0.2) is 4.57 Å². The average molecular weight is 354 g/mol. The molecule has 0 radical (unpaired) electrons. The van der Waals surface area contributed by atoms with Gasteiger partial charge >= 0.3 is 0 Å². The predicted octanol–water partition coefficient (Wildman–Crippen LogP) is 6.13. The van der Waals surface area contributed by atoms with E-state index in [0.29, 0.717) is 5.56 Å². The molecular formula is C26H24N+. The molecule has 0 aliphatic heterocycles. The number of hydrogen-bond acceptors (Lipinski definition) is 0. The molecule has 0 aliphatic rings. The lowest BCUT2D eigenvalue weighted by Crippen LogP contribution is -2.30. The molecule has 1 heterocycles. The number of rotatable bonds is 3. The van der Waals surface area contributed by atoms with E-state index in [1.165, 1.54) is 0 Å². The molecule has 1 heteroatoms. The first kappa shape index (κ1) is 13.9. The van der Waals surface area contributed by atoms with Gasteiger partial charge in [0.25, 0.3) is 0 Å². The molecule has 0 saturated heterocycles. The van der Waals surface area contributed by atoms with Crippen molar-refractivity contribution >= 4 is 0 Å². The Kier molecular flexibility index (Phi) is 3.72. The molecule has 27 heavy (non-hydrogen) atoms. The number of nitrogens with zero attached hydrogens (tertiary/aromatic N) is 1. The zero-order valence-electron chi connectivity index (χ0n) is 18.6. The predicted molar refractivity (Wildman–Crippen MR) is 113 cm³/mol. The first-order valence-electron chi connectivity index (χ1n) is 10.6. The van der Waals surface area contributed by atoms with E-state index >= 15 is 0 Å². The van der Waals surface area contributed by atoms with Gasteiger partial charge < -0.3 is 0 Å². The summed E-state index contributed by atoms with van der Waals surface area (Å²) < 4.78 is 26.2. The highest BCUT2D eigenvalue weighted by Crippen LogP contribution is 2.32. The van der Waals surface area contributed by atoms with Crippen LogP contribution in [0.1, 0.15) is 15.2 Å². The second-order valence-electron chi connectivity index (χ2n) is 6.86. The smallest absolute Gasteiger partial charge is 0.201 e. The van der Waals surface area contributed by atoms with Crippen LogP contribution in [0.25, 0.3) is 33.5 Å². The zero-order chi connectivity index (χ0) is 21.3. The molecule has 0 spiro atoms. The molecule has 0 saturated carbocycles. The van der Waals surface area contributed by atoms with Crippen molar-refractivity contribution < 1.29 is 8.68 Å². The molecule has 4 aromatic rings. The third-order valence-corrected chi connectivity index (χ3v) is 4.98. The van der Waals surface area contributed by atoms with Crippen molar-refractivity contribution in [1.82, 2.24) is 0 Å². The maximum Gasteiger partial charge on any atom is 0.213 e. The van der Waals surface area contributed by atoms with Crippen LogP contribution >= 0.6 is 0 Å². The molecule has 132 valence electrons. The van der Waals surface area contributed by atoms with Crippen LogP contribution in [0.4, 0.5) is 0 Å². The van der Waals surface area contributed by atoms with Gasteiger partial charge in [-0.15, -0.1) is 0 Å². The van der Waals surface area contributed by atoms with Crippen molar-refractivity contribution in [2.45, 2.75) is 13.8 Å². The van der Waals surface area contributed by atoms with Crippen molar-refractivity contribution in [3.63, 3.8) is 0 Å². The summed E-state index contributed by atoms with van der Waals surface area (Å²) in [5, 5.41) is 0.